The molecule has 0 spiro atoms. The zero-order valence-electron chi connectivity index (χ0n) is 11.3. The number of rotatable bonds is 8. The molecule has 1 N–H and O–H groups in total. The minimum absolute atomic E-state index is 0.231. The Labute approximate surface area is 101 Å². The number of sulfone groups is 1. The molecule has 0 aliphatic rings. The van der Waals surface area contributed by atoms with Crippen LogP contribution in [-0.4, -0.2) is 31.5 Å². The van der Waals surface area contributed by atoms with Gasteiger partial charge in [-0.05, 0) is 33.6 Å². The first-order chi connectivity index (χ1) is 7.36. The van der Waals surface area contributed by atoms with Crippen molar-refractivity contribution in [3.05, 3.63) is 0 Å². The van der Waals surface area contributed by atoms with Gasteiger partial charge < -0.3 is 5.32 Å². The van der Waals surface area contributed by atoms with E-state index in [9.17, 15) is 8.42 Å². The fourth-order valence-corrected chi connectivity index (χ4v) is 3.23. The third-order valence-electron chi connectivity index (χ3n) is 3.17. The van der Waals surface area contributed by atoms with Gasteiger partial charge >= 0.3 is 0 Å². The van der Waals surface area contributed by atoms with E-state index in [-0.39, 0.29) is 10.5 Å². The van der Waals surface area contributed by atoms with Gasteiger partial charge in [-0.3, -0.25) is 0 Å². The Morgan fingerprint density at radius 2 is 1.62 bits per heavy atom. The molecule has 0 fully saturated rings. The predicted octanol–water partition coefficient (Wildman–Crippen LogP) is 2.37. The Balaban J connectivity index is 4.20. The Morgan fingerprint density at radius 1 is 1.06 bits per heavy atom. The van der Waals surface area contributed by atoms with Gasteiger partial charge in [0.2, 0.25) is 0 Å². The first kappa shape index (κ1) is 15.9. The highest BCUT2D eigenvalue weighted by molar-refractivity contribution is 7.92. The molecule has 0 aromatic rings. The third-order valence-corrected chi connectivity index (χ3v) is 5.92. The first-order valence-electron chi connectivity index (χ1n) is 6.32. The lowest BCUT2D eigenvalue weighted by atomic mass is 10.2. The summed E-state index contributed by atoms with van der Waals surface area (Å²) in [5, 5.41) is 2.77. The molecule has 0 aromatic carbocycles. The molecule has 0 saturated heterocycles. The Kier molecular flexibility index (Phi) is 7.24. The van der Waals surface area contributed by atoms with Crippen molar-refractivity contribution in [2.75, 3.05) is 6.54 Å². The van der Waals surface area contributed by atoms with Crippen LogP contribution in [0.15, 0.2) is 0 Å². The summed E-state index contributed by atoms with van der Waals surface area (Å²) in [6, 6.07) is 0.402. The third kappa shape index (κ3) is 4.83. The van der Waals surface area contributed by atoms with Gasteiger partial charge in [-0.1, -0.05) is 20.3 Å². The van der Waals surface area contributed by atoms with Crippen LogP contribution in [0.5, 0.6) is 0 Å². The van der Waals surface area contributed by atoms with Crippen LogP contribution in [0, 0.1) is 0 Å². The minimum Gasteiger partial charge on any atom is -0.313 e. The predicted molar refractivity (Wildman–Crippen MR) is 70.5 cm³/mol. The highest BCUT2D eigenvalue weighted by Gasteiger charge is 2.26. The summed E-state index contributed by atoms with van der Waals surface area (Å²) in [6.45, 7) is 10.3. The maximum atomic E-state index is 12.0. The average molecular weight is 249 g/mol. The van der Waals surface area contributed by atoms with Gasteiger partial charge in [-0.15, -0.1) is 0 Å². The SMILES string of the molecule is CCCC(C)NCC(C)S(=O)(=O)C(C)CC. The molecular weight excluding hydrogens is 222 g/mol. The lowest BCUT2D eigenvalue weighted by molar-refractivity contribution is 0.498. The molecular formula is C12H27NO2S. The van der Waals surface area contributed by atoms with E-state index in [0.29, 0.717) is 19.0 Å². The average Bonchev–Trinajstić information content (AvgIpc) is 2.24. The van der Waals surface area contributed by atoms with Crippen LogP contribution in [0.25, 0.3) is 0 Å². The normalized spacial score (nSPS) is 18.1. The van der Waals surface area contributed by atoms with Crippen LogP contribution in [-0.2, 0) is 9.84 Å². The molecule has 0 aliphatic heterocycles. The van der Waals surface area contributed by atoms with E-state index in [4.69, 9.17) is 0 Å². The van der Waals surface area contributed by atoms with Gasteiger partial charge in [0.05, 0.1) is 10.5 Å². The quantitative estimate of drug-likeness (QED) is 0.718. The second-order valence-electron chi connectivity index (χ2n) is 4.72. The van der Waals surface area contributed by atoms with E-state index >= 15 is 0 Å². The lowest BCUT2D eigenvalue weighted by Gasteiger charge is -2.20. The van der Waals surface area contributed by atoms with Gasteiger partial charge in [0.25, 0.3) is 0 Å². The molecule has 3 nitrogen and oxygen atoms in total. The lowest BCUT2D eigenvalue weighted by Crippen LogP contribution is -2.39. The van der Waals surface area contributed by atoms with Crippen LogP contribution in [0.1, 0.15) is 53.9 Å². The molecule has 98 valence electrons. The van der Waals surface area contributed by atoms with Crippen molar-refractivity contribution >= 4 is 9.84 Å². The van der Waals surface area contributed by atoms with Gasteiger partial charge in [0.15, 0.2) is 9.84 Å². The van der Waals surface area contributed by atoms with E-state index < -0.39 is 9.84 Å². The Morgan fingerprint density at radius 3 is 2.06 bits per heavy atom. The molecule has 0 aromatic heterocycles. The highest BCUT2D eigenvalue weighted by atomic mass is 32.2. The van der Waals surface area contributed by atoms with Crippen molar-refractivity contribution in [1.82, 2.24) is 5.32 Å². The molecule has 0 radical (unpaired) electrons. The molecule has 3 atom stereocenters. The molecule has 0 bridgehead atoms. The van der Waals surface area contributed by atoms with Crippen molar-refractivity contribution < 1.29 is 8.42 Å². The summed E-state index contributed by atoms with van der Waals surface area (Å²) in [7, 11) is -2.96. The topological polar surface area (TPSA) is 46.2 Å². The molecule has 0 heterocycles. The van der Waals surface area contributed by atoms with Crippen molar-refractivity contribution in [2.45, 2.75) is 70.4 Å². The standard InChI is InChI=1S/C12H27NO2S/c1-6-8-10(3)13-9-12(5)16(14,15)11(4)7-2/h10-13H,6-9H2,1-5H3. The highest BCUT2D eigenvalue weighted by Crippen LogP contribution is 2.12. The molecule has 0 amide bonds. The van der Waals surface area contributed by atoms with Gasteiger partial charge in [-0.25, -0.2) is 8.42 Å². The second-order valence-corrected chi connectivity index (χ2v) is 7.50. The molecule has 0 saturated carbocycles. The van der Waals surface area contributed by atoms with E-state index in [0.717, 1.165) is 12.8 Å². The summed E-state index contributed by atoms with van der Waals surface area (Å²) in [4.78, 5) is 0. The molecule has 0 rings (SSSR count). The molecule has 3 unspecified atom stereocenters. The van der Waals surface area contributed by atoms with E-state index in [2.05, 4.69) is 19.2 Å². The van der Waals surface area contributed by atoms with Crippen LogP contribution >= 0.6 is 0 Å². The summed E-state index contributed by atoms with van der Waals surface area (Å²) in [5.74, 6) is 0. The van der Waals surface area contributed by atoms with Crippen LogP contribution < -0.4 is 5.32 Å². The van der Waals surface area contributed by atoms with Gasteiger partial charge in [0, 0.05) is 12.6 Å². The Hall–Kier alpha value is -0.0900. The smallest absolute Gasteiger partial charge is 0.156 e. The van der Waals surface area contributed by atoms with Crippen molar-refractivity contribution in [1.29, 1.82) is 0 Å². The monoisotopic (exact) mass is 249 g/mol. The van der Waals surface area contributed by atoms with E-state index in [1.807, 2.05) is 6.92 Å². The largest absolute Gasteiger partial charge is 0.313 e. The molecule has 0 aliphatic carbocycles. The summed E-state index contributed by atoms with van der Waals surface area (Å²) >= 11 is 0. The van der Waals surface area contributed by atoms with Crippen molar-refractivity contribution in [3.8, 4) is 0 Å². The maximum absolute atomic E-state index is 12.0. The Bertz CT molecular complexity index is 275. The van der Waals surface area contributed by atoms with Crippen molar-refractivity contribution in [3.63, 3.8) is 0 Å². The summed E-state index contributed by atoms with van der Waals surface area (Å²) < 4.78 is 24.0. The van der Waals surface area contributed by atoms with Crippen molar-refractivity contribution in [2.24, 2.45) is 0 Å². The van der Waals surface area contributed by atoms with Gasteiger partial charge in [0.1, 0.15) is 0 Å². The number of hydrogen-bond donors (Lipinski definition) is 1. The molecule has 16 heavy (non-hydrogen) atoms. The van der Waals surface area contributed by atoms with Crippen LogP contribution in [0.3, 0.4) is 0 Å². The minimum atomic E-state index is -2.96. The van der Waals surface area contributed by atoms with E-state index in [1.54, 1.807) is 13.8 Å². The fourth-order valence-electron chi connectivity index (χ4n) is 1.65. The number of hydrogen-bond acceptors (Lipinski definition) is 3. The maximum Gasteiger partial charge on any atom is 0.156 e. The molecule has 4 heteroatoms. The fraction of sp³-hybridized carbons (Fsp3) is 1.00. The second kappa shape index (κ2) is 7.28. The number of nitrogens with one attached hydrogen (secondary N) is 1. The van der Waals surface area contributed by atoms with Crippen LogP contribution in [0.4, 0.5) is 0 Å². The van der Waals surface area contributed by atoms with Crippen LogP contribution in [0.2, 0.25) is 0 Å². The van der Waals surface area contributed by atoms with Gasteiger partial charge in [-0.2, -0.15) is 0 Å². The zero-order valence-corrected chi connectivity index (χ0v) is 12.1. The summed E-state index contributed by atoms with van der Waals surface area (Å²) in [6.07, 6.45) is 2.91. The summed E-state index contributed by atoms with van der Waals surface area (Å²) in [5.41, 5.74) is 0. The zero-order chi connectivity index (χ0) is 12.8. The van der Waals surface area contributed by atoms with E-state index in [1.165, 1.54) is 0 Å². The first-order valence-corrected chi connectivity index (χ1v) is 7.93.